The molecule has 2 fully saturated rings. The van der Waals surface area contributed by atoms with Gasteiger partial charge in [-0.1, -0.05) is 58.4 Å². The van der Waals surface area contributed by atoms with Crippen LogP contribution in [-0.4, -0.2) is 43.2 Å². The van der Waals surface area contributed by atoms with Crippen LogP contribution in [0.25, 0.3) is 0 Å². The third-order valence-electron chi connectivity index (χ3n) is 6.21. The van der Waals surface area contributed by atoms with Gasteiger partial charge >= 0.3 is 0 Å². The number of amides is 1. The molecular formula is C24H28BrNO3. The van der Waals surface area contributed by atoms with Gasteiger partial charge in [-0.25, -0.2) is 0 Å². The van der Waals surface area contributed by atoms with Crippen molar-refractivity contribution < 1.29 is 14.3 Å². The number of benzene rings is 2. The number of carbonyl (C=O) groups is 1. The summed E-state index contributed by atoms with van der Waals surface area (Å²) in [6, 6.07) is 18.5. The van der Waals surface area contributed by atoms with Crippen molar-refractivity contribution in [3.05, 3.63) is 70.2 Å². The van der Waals surface area contributed by atoms with Gasteiger partial charge in [0.2, 0.25) is 5.91 Å². The highest BCUT2D eigenvalue weighted by molar-refractivity contribution is 9.10. The summed E-state index contributed by atoms with van der Waals surface area (Å²) >= 11 is 3.50. The van der Waals surface area contributed by atoms with E-state index in [1.54, 1.807) is 0 Å². The van der Waals surface area contributed by atoms with Gasteiger partial charge in [-0.3, -0.25) is 4.79 Å². The molecule has 0 aliphatic carbocycles. The summed E-state index contributed by atoms with van der Waals surface area (Å²) in [4.78, 5) is 15.7. The number of hydrogen-bond acceptors (Lipinski definition) is 3. The molecule has 2 aromatic carbocycles. The van der Waals surface area contributed by atoms with Crippen molar-refractivity contribution in [2.45, 2.75) is 43.8 Å². The smallest absolute Gasteiger partial charge is 0.233 e. The summed E-state index contributed by atoms with van der Waals surface area (Å²) in [5.74, 6) is 0.254. The Morgan fingerprint density at radius 1 is 1.03 bits per heavy atom. The zero-order valence-electron chi connectivity index (χ0n) is 16.7. The van der Waals surface area contributed by atoms with Crippen LogP contribution in [0.2, 0.25) is 0 Å². The van der Waals surface area contributed by atoms with E-state index in [1.165, 1.54) is 5.56 Å². The first-order valence-corrected chi connectivity index (χ1v) is 11.3. The second kappa shape index (κ2) is 9.41. The monoisotopic (exact) mass is 457 g/mol. The van der Waals surface area contributed by atoms with Crippen molar-refractivity contribution in [3.8, 4) is 0 Å². The van der Waals surface area contributed by atoms with Gasteiger partial charge in [-0.2, -0.15) is 0 Å². The Morgan fingerprint density at radius 3 is 2.34 bits per heavy atom. The lowest BCUT2D eigenvalue weighted by atomic mass is 9.72. The summed E-state index contributed by atoms with van der Waals surface area (Å²) < 4.78 is 12.7. The minimum absolute atomic E-state index is 0.220. The normalized spacial score (nSPS) is 19.8. The predicted octanol–water partition coefficient (Wildman–Crippen LogP) is 4.71. The second-order valence-corrected chi connectivity index (χ2v) is 8.91. The molecule has 0 bridgehead atoms. The number of hydrogen-bond donors (Lipinski definition) is 0. The van der Waals surface area contributed by atoms with Gasteiger partial charge in [0.05, 0.1) is 18.1 Å². The topological polar surface area (TPSA) is 38.8 Å². The molecule has 4 nitrogen and oxygen atoms in total. The third-order valence-corrected chi connectivity index (χ3v) is 6.74. The molecule has 2 saturated heterocycles. The third kappa shape index (κ3) is 4.73. The molecule has 0 saturated carbocycles. The first-order valence-electron chi connectivity index (χ1n) is 10.5. The lowest BCUT2D eigenvalue weighted by Gasteiger charge is -2.42. The highest BCUT2D eigenvalue weighted by Crippen LogP contribution is 2.38. The van der Waals surface area contributed by atoms with Crippen molar-refractivity contribution in [1.82, 2.24) is 4.90 Å². The van der Waals surface area contributed by atoms with Crippen molar-refractivity contribution in [3.63, 3.8) is 0 Å². The SMILES string of the molecule is O=C(N1CCC(OCc2ccccc2)CC1)C1(c2ccc(Br)cc2)CCOCC1. The maximum absolute atomic E-state index is 13.7. The van der Waals surface area contributed by atoms with Crippen molar-refractivity contribution >= 4 is 21.8 Å². The highest BCUT2D eigenvalue weighted by atomic mass is 79.9. The van der Waals surface area contributed by atoms with Crippen LogP contribution in [0.15, 0.2) is 59.1 Å². The number of likely N-dealkylation sites (tertiary alicyclic amines) is 1. The van der Waals surface area contributed by atoms with Crippen LogP contribution in [0.4, 0.5) is 0 Å². The van der Waals surface area contributed by atoms with Crippen molar-refractivity contribution in [1.29, 1.82) is 0 Å². The van der Waals surface area contributed by atoms with E-state index in [0.717, 1.165) is 48.8 Å². The van der Waals surface area contributed by atoms with Crippen LogP contribution < -0.4 is 0 Å². The van der Waals surface area contributed by atoms with Crippen LogP contribution in [0, 0.1) is 0 Å². The molecule has 0 radical (unpaired) electrons. The minimum Gasteiger partial charge on any atom is -0.381 e. The van der Waals surface area contributed by atoms with Crippen LogP contribution in [0.3, 0.4) is 0 Å². The van der Waals surface area contributed by atoms with Gasteiger partial charge in [0, 0.05) is 30.8 Å². The molecule has 0 unspecified atom stereocenters. The van der Waals surface area contributed by atoms with Gasteiger partial charge in [0.25, 0.3) is 0 Å². The fourth-order valence-electron chi connectivity index (χ4n) is 4.43. The number of piperidine rings is 1. The zero-order valence-corrected chi connectivity index (χ0v) is 18.3. The Hall–Kier alpha value is -1.69. The number of rotatable bonds is 5. The average Bonchev–Trinajstić information content (AvgIpc) is 2.79. The van der Waals surface area contributed by atoms with Crippen molar-refractivity contribution in [2.24, 2.45) is 0 Å². The Morgan fingerprint density at radius 2 is 1.69 bits per heavy atom. The summed E-state index contributed by atoms with van der Waals surface area (Å²) in [5, 5.41) is 0. The van der Waals surface area contributed by atoms with E-state index >= 15 is 0 Å². The fraction of sp³-hybridized carbons (Fsp3) is 0.458. The Labute approximate surface area is 181 Å². The quantitative estimate of drug-likeness (QED) is 0.652. The second-order valence-electron chi connectivity index (χ2n) is 7.99. The average molecular weight is 458 g/mol. The molecule has 0 N–H and O–H groups in total. The largest absolute Gasteiger partial charge is 0.381 e. The first-order chi connectivity index (χ1) is 14.2. The van der Waals surface area contributed by atoms with Gasteiger partial charge in [0.15, 0.2) is 0 Å². The number of nitrogens with zero attached hydrogens (tertiary/aromatic N) is 1. The molecule has 154 valence electrons. The maximum Gasteiger partial charge on any atom is 0.233 e. The van der Waals surface area contributed by atoms with Gasteiger partial charge in [-0.05, 0) is 48.9 Å². The molecule has 2 aliphatic heterocycles. The molecule has 4 rings (SSSR count). The molecule has 0 spiro atoms. The van der Waals surface area contributed by atoms with Crippen LogP contribution in [0.5, 0.6) is 0 Å². The summed E-state index contributed by atoms with van der Waals surface area (Å²) in [6.07, 6.45) is 3.50. The Balaban J connectivity index is 1.39. The minimum atomic E-state index is -0.462. The van der Waals surface area contributed by atoms with Crippen molar-refractivity contribution in [2.75, 3.05) is 26.3 Å². The number of ether oxygens (including phenoxy) is 2. The lowest BCUT2D eigenvalue weighted by molar-refractivity contribution is -0.144. The molecule has 5 heteroatoms. The van der Waals surface area contributed by atoms with E-state index in [0.29, 0.717) is 19.8 Å². The summed E-state index contributed by atoms with van der Waals surface area (Å²) in [5.41, 5.74) is 1.84. The van der Waals surface area contributed by atoms with E-state index in [4.69, 9.17) is 9.47 Å². The molecule has 0 atom stereocenters. The van der Waals surface area contributed by atoms with E-state index in [2.05, 4.69) is 45.1 Å². The van der Waals surface area contributed by atoms with Gasteiger partial charge in [-0.15, -0.1) is 0 Å². The zero-order chi connectivity index (χ0) is 20.1. The molecule has 2 heterocycles. The Bertz CT molecular complexity index is 795. The van der Waals surface area contributed by atoms with Crippen LogP contribution in [-0.2, 0) is 26.3 Å². The van der Waals surface area contributed by atoms with Crippen LogP contribution in [0.1, 0.15) is 36.8 Å². The van der Waals surface area contributed by atoms with Gasteiger partial charge < -0.3 is 14.4 Å². The number of carbonyl (C=O) groups excluding carboxylic acids is 1. The first kappa shape index (κ1) is 20.6. The summed E-state index contributed by atoms with van der Waals surface area (Å²) in [7, 11) is 0. The predicted molar refractivity (Wildman–Crippen MR) is 117 cm³/mol. The standard InChI is InChI=1S/C24H28BrNO3/c25-21-8-6-20(7-9-21)24(12-16-28-17-13-24)23(27)26-14-10-22(11-15-26)29-18-19-4-2-1-3-5-19/h1-9,22H,10-18H2. The van der Waals surface area contributed by atoms with E-state index < -0.39 is 5.41 Å². The molecule has 1 amide bonds. The molecule has 29 heavy (non-hydrogen) atoms. The Kier molecular flexibility index (Phi) is 6.68. The molecule has 2 aliphatic rings. The van der Waals surface area contributed by atoms with Gasteiger partial charge in [0.1, 0.15) is 0 Å². The molecule has 2 aromatic rings. The lowest BCUT2D eigenvalue weighted by Crippen LogP contribution is -2.52. The van der Waals surface area contributed by atoms with Crippen LogP contribution >= 0.6 is 15.9 Å². The van der Waals surface area contributed by atoms with E-state index in [-0.39, 0.29) is 12.0 Å². The van der Waals surface area contributed by atoms with E-state index in [1.807, 2.05) is 30.3 Å². The number of halogens is 1. The summed E-state index contributed by atoms with van der Waals surface area (Å²) in [6.45, 7) is 3.44. The maximum atomic E-state index is 13.7. The highest BCUT2D eigenvalue weighted by Gasteiger charge is 2.44. The molecular weight excluding hydrogens is 430 g/mol. The fourth-order valence-corrected chi connectivity index (χ4v) is 4.70. The van der Waals surface area contributed by atoms with E-state index in [9.17, 15) is 4.79 Å². The molecule has 0 aromatic heterocycles.